The van der Waals surface area contributed by atoms with Gasteiger partial charge in [0, 0.05) is 13.1 Å². The summed E-state index contributed by atoms with van der Waals surface area (Å²) in [6.45, 7) is 1.04. The largest absolute Gasteiger partial charge is 0.394 e. The predicted molar refractivity (Wildman–Crippen MR) is 76.3 cm³/mol. The molecular weight excluding hydrogens is 316 g/mol. The lowest BCUT2D eigenvalue weighted by molar-refractivity contribution is 0.105. The first-order valence-corrected chi connectivity index (χ1v) is 6.68. The lowest BCUT2D eigenvalue weighted by atomic mass is 10.3. The summed E-state index contributed by atoms with van der Waals surface area (Å²) >= 11 is 3.22. The number of halogens is 1. The number of likely N-dealkylation sites (N-methyl/N-ethyl adjacent to an activating group) is 1. The zero-order valence-corrected chi connectivity index (χ0v) is 12.6. The average Bonchev–Trinajstić information content (AvgIpc) is 2.38. The number of anilines is 1. The van der Waals surface area contributed by atoms with Gasteiger partial charge in [0.1, 0.15) is 4.47 Å². The van der Waals surface area contributed by atoms with Crippen LogP contribution in [0, 0.1) is 0 Å². The molecule has 8 heteroatoms. The van der Waals surface area contributed by atoms with Crippen molar-refractivity contribution in [1.29, 1.82) is 0 Å². The van der Waals surface area contributed by atoms with Crippen molar-refractivity contribution >= 4 is 21.6 Å². The Morgan fingerprint density at radius 3 is 2.84 bits per heavy atom. The Bertz CT molecular complexity index is 464. The quantitative estimate of drug-likeness (QED) is 0.613. The number of hydrogen-bond acceptors (Lipinski definition) is 6. The number of aliphatic hydroxyl groups excluding tert-OH is 2. The van der Waals surface area contributed by atoms with Gasteiger partial charge in [0.15, 0.2) is 0 Å². The van der Waals surface area contributed by atoms with Crippen molar-refractivity contribution in [1.82, 2.24) is 14.7 Å². The topological polar surface area (TPSA) is 90.6 Å². The van der Waals surface area contributed by atoms with Crippen LogP contribution in [0.1, 0.15) is 0 Å². The van der Waals surface area contributed by atoms with E-state index in [1.54, 1.807) is 0 Å². The maximum Gasteiger partial charge on any atom is 0.283 e. The van der Waals surface area contributed by atoms with E-state index in [0.717, 1.165) is 6.54 Å². The minimum atomic E-state index is -0.872. The standard InChI is InChI=1S/C11H19BrN4O3/c1-15(2)3-4-16-11(19)10(12)9(6-14-16)13-5-8(18)7-17/h6,8,13,17-18H,3-5,7H2,1-2H3. The first-order valence-electron chi connectivity index (χ1n) is 5.88. The van der Waals surface area contributed by atoms with Gasteiger partial charge in [-0.15, -0.1) is 0 Å². The molecule has 0 aliphatic carbocycles. The van der Waals surface area contributed by atoms with Crippen LogP contribution in [-0.4, -0.2) is 64.8 Å². The number of nitrogens with zero attached hydrogens (tertiary/aromatic N) is 3. The van der Waals surface area contributed by atoms with Crippen LogP contribution in [0.4, 0.5) is 5.69 Å². The second kappa shape index (κ2) is 7.59. The van der Waals surface area contributed by atoms with Gasteiger partial charge in [-0.05, 0) is 30.0 Å². The summed E-state index contributed by atoms with van der Waals surface area (Å²) in [5.41, 5.74) is 0.268. The molecule has 1 rings (SSSR count). The molecule has 3 N–H and O–H groups in total. The zero-order chi connectivity index (χ0) is 14.4. The molecule has 0 aromatic carbocycles. The van der Waals surface area contributed by atoms with Crippen LogP contribution < -0.4 is 10.9 Å². The van der Waals surface area contributed by atoms with Gasteiger partial charge in [-0.25, -0.2) is 4.68 Å². The van der Waals surface area contributed by atoms with Gasteiger partial charge in [-0.2, -0.15) is 5.10 Å². The van der Waals surface area contributed by atoms with E-state index in [1.165, 1.54) is 10.9 Å². The summed E-state index contributed by atoms with van der Waals surface area (Å²) < 4.78 is 1.74. The number of nitrogens with one attached hydrogen (secondary N) is 1. The molecule has 0 bridgehead atoms. The normalized spacial score (nSPS) is 12.7. The van der Waals surface area contributed by atoms with E-state index in [2.05, 4.69) is 26.3 Å². The van der Waals surface area contributed by atoms with Crippen LogP contribution in [0.3, 0.4) is 0 Å². The van der Waals surface area contributed by atoms with E-state index in [-0.39, 0.29) is 18.7 Å². The molecule has 1 heterocycles. The molecule has 108 valence electrons. The minimum absolute atomic E-state index is 0.151. The van der Waals surface area contributed by atoms with Crippen molar-refractivity contribution in [3.05, 3.63) is 21.0 Å². The maximum atomic E-state index is 12.0. The van der Waals surface area contributed by atoms with Gasteiger partial charge in [0.05, 0.1) is 31.1 Å². The second-order valence-electron chi connectivity index (χ2n) is 4.42. The smallest absolute Gasteiger partial charge is 0.283 e. The highest BCUT2D eigenvalue weighted by molar-refractivity contribution is 9.10. The minimum Gasteiger partial charge on any atom is -0.394 e. The van der Waals surface area contributed by atoms with E-state index in [0.29, 0.717) is 16.7 Å². The molecule has 19 heavy (non-hydrogen) atoms. The molecule has 0 fully saturated rings. The fraction of sp³-hybridized carbons (Fsp3) is 0.636. The second-order valence-corrected chi connectivity index (χ2v) is 5.21. The highest BCUT2D eigenvalue weighted by Gasteiger charge is 2.10. The molecule has 0 saturated heterocycles. The average molecular weight is 335 g/mol. The molecule has 1 atom stereocenters. The number of rotatable bonds is 7. The zero-order valence-electron chi connectivity index (χ0n) is 11.0. The van der Waals surface area contributed by atoms with Gasteiger partial charge < -0.3 is 20.4 Å². The molecule has 1 aromatic heterocycles. The van der Waals surface area contributed by atoms with Crippen molar-refractivity contribution in [3.63, 3.8) is 0 Å². The number of aromatic nitrogens is 2. The first kappa shape index (κ1) is 16.1. The predicted octanol–water partition coefficient (Wildman–Crippen LogP) is -0.667. The van der Waals surface area contributed by atoms with Gasteiger partial charge in [-0.3, -0.25) is 4.79 Å². The Balaban J connectivity index is 2.77. The molecule has 0 aliphatic heterocycles. The van der Waals surface area contributed by atoms with Crippen molar-refractivity contribution in [2.75, 3.05) is 39.1 Å². The number of hydrogen-bond donors (Lipinski definition) is 3. The molecule has 0 amide bonds. The van der Waals surface area contributed by atoms with Crippen molar-refractivity contribution in [2.45, 2.75) is 12.6 Å². The Kier molecular flexibility index (Phi) is 6.43. The third kappa shape index (κ3) is 4.90. The lowest BCUT2D eigenvalue weighted by Gasteiger charge is -2.14. The molecule has 0 aliphatic rings. The van der Waals surface area contributed by atoms with Crippen LogP contribution in [0.2, 0.25) is 0 Å². The van der Waals surface area contributed by atoms with E-state index < -0.39 is 6.10 Å². The molecule has 7 nitrogen and oxygen atoms in total. The van der Waals surface area contributed by atoms with Gasteiger partial charge in [0.25, 0.3) is 5.56 Å². The summed E-state index contributed by atoms with van der Waals surface area (Å²) in [5.74, 6) is 0. The van der Waals surface area contributed by atoms with Crippen LogP contribution in [-0.2, 0) is 6.54 Å². The summed E-state index contributed by atoms with van der Waals surface area (Å²) in [5, 5.41) is 24.9. The van der Waals surface area contributed by atoms with Crippen LogP contribution >= 0.6 is 15.9 Å². The summed E-state index contributed by atoms with van der Waals surface area (Å²) in [7, 11) is 3.85. The highest BCUT2D eigenvalue weighted by Crippen LogP contribution is 2.15. The van der Waals surface area contributed by atoms with Crippen molar-refractivity contribution in [3.8, 4) is 0 Å². The fourth-order valence-electron chi connectivity index (χ4n) is 1.33. The molecule has 0 spiro atoms. The van der Waals surface area contributed by atoms with Crippen LogP contribution in [0.15, 0.2) is 15.5 Å². The molecule has 1 unspecified atom stereocenters. The van der Waals surface area contributed by atoms with E-state index in [9.17, 15) is 9.90 Å². The SMILES string of the molecule is CN(C)CCn1ncc(NCC(O)CO)c(Br)c1=O. The molecule has 1 aromatic rings. The highest BCUT2D eigenvalue weighted by atomic mass is 79.9. The van der Waals surface area contributed by atoms with Crippen LogP contribution in [0.25, 0.3) is 0 Å². The first-order chi connectivity index (χ1) is 8.95. The molecule has 0 saturated carbocycles. The Morgan fingerprint density at radius 2 is 2.26 bits per heavy atom. The van der Waals surface area contributed by atoms with Gasteiger partial charge >= 0.3 is 0 Å². The summed E-state index contributed by atoms with van der Waals surface area (Å²) in [6, 6.07) is 0. The Labute approximate surface area is 120 Å². The number of aliphatic hydroxyl groups is 2. The summed E-state index contributed by atoms with van der Waals surface area (Å²) in [4.78, 5) is 14.0. The lowest BCUT2D eigenvalue weighted by Crippen LogP contribution is -2.30. The van der Waals surface area contributed by atoms with Gasteiger partial charge in [-0.1, -0.05) is 0 Å². The fourth-order valence-corrected chi connectivity index (χ4v) is 1.78. The maximum absolute atomic E-state index is 12.0. The summed E-state index contributed by atoms with van der Waals surface area (Å²) in [6.07, 6.45) is 0.647. The van der Waals surface area contributed by atoms with Crippen LogP contribution in [0.5, 0.6) is 0 Å². The Morgan fingerprint density at radius 1 is 1.58 bits per heavy atom. The van der Waals surface area contributed by atoms with Gasteiger partial charge in [0.2, 0.25) is 0 Å². The molecular formula is C11H19BrN4O3. The molecule has 0 radical (unpaired) electrons. The van der Waals surface area contributed by atoms with Crippen molar-refractivity contribution < 1.29 is 10.2 Å². The van der Waals surface area contributed by atoms with E-state index in [1.807, 2.05) is 19.0 Å². The van der Waals surface area contributed by atoms with E-state index >= 15 is 0 Å². The van der Waals surface area contributed by atoms with E-state index in [4.69, 9.17) is 5.11 Å². The third-order valence-corrected chi connectivity index (χ3v) is 3.25. The Hall–Kier alpha value is -0.960. The third-order valence-electron chi connectivity index (χ3n) is 2.48. The monoisotopic (exact) mass is 334 g/mol. The van der Waals surface area contributed by atoms with Crippen molar-refractivity contribution in [2.24, 2.45) is 0 Å².